The van der Waals surface area contributed by atoms with E-state index in [1.165, 1.54) is 11.3 Å². The SMILES string of the molecule is COc1cc(C)cc2sc(B(O)O)cc12. The van der Waals surface area contributed by atoms with Crippen LogP contribution in [-0.2, 0) is 0 Å². The van der Waals surface area contributed by atoms with E-state index in [-0.39, 0.29) is 0 Å². The van der Waals surface area contributed by atoms with Gasteiger partial charge in [0, 0.05) is 14.9 Å². The summed E-state index contributed by atoms with van der Waals surface area (Å²) in [5, 5.41) is 19.1. The summed E-state index contributed by atoms with van der Waals surface area (Å²) in [4.78, 5) is 0. The van der Waals surface area contributed by atoms with E-state index in [1.54, 1.807) is 13.2 Å². The second kappa shape index (κ2) is 3.85. The molecule has 0 spiro atoms. The third-order valence-corrected chi connectivity index (χ3v) is 3.36. The van der Waals surface area contributed by atoms with Crippen molar-refractivity contribution < 1.29 is 14.8 Å². The van der Waals surface area contributed by atoms with Gasteiger partial charge < -0.3 is 14.8 Å². The molecule has 3 nitrogen and oxygen atoms in total. The van der Waals surface area contributed by atoms with Crippen molar-refractivity contribution in [2.75, 3.05) is 7.11 Å². The molecule has 0 bridgehead atoms. The molecule has 5 heteroatoms. The molecule has 0 unspecified atom stereocenters. The Morgan fingerprint density at radius 3 is 2.60 bits per heavy atom. The predicted octanol–water partition coefficient (Wildman–Crippen LogP) is 0.898. The number of hydrogen-bond acceptors (Lipinski definition) is 4. The molecule has 2 aromatic rings. The maximum atomic E-state index is 9.08. The molecular weight excluding hydrogens is 211 g/mol. The van der Waals surface area contributed by atoms with E-state index >= 15 is 0 Å². The number of methoxy groups -OCH3 is 1. The van der Waals surface area contributed by atoms with Crippen molar-refractivity contribution >= 4 is 33.3 Å². The van der Waals surface area contributed by atoms with Gasteiger partial charge in [-0.1, -0.05) is 0 Å². The highest BCUT2D eigenvalue weighted by Gasteiger charge is 2.16. The fourth-order valence-electron chi connectivity index (χ4n) is 1.55. The van der Waals surface area contributed by atoms with Gasteiger partial charge in [0.1, 0.15) is 5.75 Å². The van der Waals surface area contributed by atoms with Crippen LogP contribution in [0.15, 0.2) is 18.2 Å². The summed E-state index contributed by atoms with van der Waals surface area (Å²) in [6, 6.07) is 5.69. The molecule has 78 valence electrons. The quantitative estimate of drug-likeness (QED) is 0.742. The maximum absolute atomic E-state index is 9.08. The maximum Gasteiger partial charge on any atom is 0.499 e. The van der Waals surface area contributed by atoms with Gasteiger partial charge in [0.25, 0.3) is 0 Å². The number of ether oxygens (including phenoxy) is 1. The molecule has 0 fully saturated rings. The zero-order valence-corrected chi connectivity index (χ0v) is 9.34. The number of rotatable bonds is 2. The van der Waals surface area contributed by atoms with Gasteiger partial charge in [-0.3, -0.25) is 0 Å². The Bertz CT molecular complexity index is 493. The zero-order valence-electron chi connectivity index (χ0n) is 8.52. The molecule has 0 radical (unpaired) electrons. The molecule has 1 aromatic heterocycles. The van der Waals surface area contributed by atoms with E-state index in [1.807, 2.05) is 19.1 Å². The van der Waals surface area contributed by atoms with Gasteiger partial charge >= 0.3 is 7.12 Å². The van der Waals surface area contributed by atoms with Gasteiger partial charge in [0.2, 0.25) is 0 Å². The van der Waals surface area contributed by atoms with Crippen LogP contribution < -0.4 is 9.51 Å². The first kappa shape index (κ1) is 10.5. The molecule has 1 heterocycles. The first-order chi connectivity index (χ1) is 7.11. The number of hydrogen-bond donors (Lipinski definition) is 2. The van der Waals surface area contributed by atoms with Crippen molar-refractivity contribution in [3.63, 3.8) is 0 Å². The summed E-state index contributed by atoms with van der Waals surface area (Å²) in [7, 11) is 0.202. The topological polar surface area (TPSA) is 49.7 Å². The Labute approximate surface area is 92.1 Å². The van der Waals surface area contributed by atoms with E-state index in [0.29, 0.717) is 4.78 Å². The number of benzene rings is 1. The van der Waals surface area contributed by atoms with Crippen LogP contribution in [-0.4, -0.2) is 24.3 Å². The third kappa shape index (κ3) is 1.86. The molecule has 0 aliphatic carbocycles. The Hall–Kier alpha value is -1.04. The summed E-state index contributed by atoms with van der Waals surface area (Å²) in [6.45, 7) is 1.98. The van der Waals surface area contributed by atoms with Crippen LogP contribution in [0.2, 0.25) is 0 Å². The van der Waals surface area contributed by atoms with Gasteiger partial charge in [-0.2, -0.15) is 0 Å². The van der Waals surface area contributed by atoms with Gasteiger partial charge in [-0.05, 0) is 30.7 Å². The van der Waals surface area contributed by atoms with E-state index in [0.717, 1.165) is 21.4 Å². The Morgan fingerprint density at radius 2 is 2.00 bits per heavy atom. The second-order valence-electron chi connectivity index (χ2n) is 3.40. The highest BCUT2D eigenvalue weighted by atomic mass is 32.1. The monoisotopic (exact) mass is 222 g/mol. The fourth-order valence-corrected chi connectivity index (χ4v) is 2.60. The molecule has 0 amide bonds. The Kier molecular flexibility index (Phi) is 2.69. The second-order valence-corrected chi connectivity index (χ2v) is 4.52. The minimum Gasteiger partial charge on any atom is -0.496 e. The lowest BCUT2D eigenvalue weighted by Gasteiger charge is -2.02. The van der Waals surface area contributed by atoms with Gasteiger partial charge in [0.15, 0.2) is 0 Å². The van der Waals surface area contributed by atoms with Crippen LogP contribution in [0.3, 0.4) is 0 Å². The number of thiophene rings is 1. The van der Waals surface area contributed by atoms with Crippen LogP contribution in [0, 0.1) is 6.92 Å². The van der Waals surface area contributed by atoms with E-state index in [2.05, 4.69) is 0 Å². The average molecular weight is 222 g/mol. The number of fused-ring (bicyclic) bond motifs is 1. The van der Waals surface area contributed by atoms with E-state index in [4.69, 9.17) is 14.8 Å². The van der Waals surface area contributed by atoms with Gasteiger partial charge in [-0.15, -0.1) is 11.3 Å². The lowest BCUT2D eigenvalue weighted by atomic mass is 9.89. The summed E-state index contributed by atoms with van der Waals surface area (Å²) in [6.07, 6.45) is 0. The van der Waals surface area contributed by atoms with Crippen LogP contribution in [0.4, 0.5) is 0 Å². The van der Waals surface area contributed by atoms with Crippen molar-refractivity contribution in [3.8, 4) is 5.75 Å². The highest BCUT2D eigenvalue weighted by Crippen LogP contribution is 2.30. The summed E-state index contributed by atoms with van der Waals surface area (Å²) in [5.41, 5.74) is 1.10. The van der Waals surface area contributed by atoms with Crippen LogP contribution in [0.5, 0.6) is 5.75 Å². The highest BCUT2D eigenvalue weighted by molar-refractivity contribution is 7.27. The lowest BCUT2D eigenvalue weighted by molar-refractivity contribution is 0.419. The molecule has 0 atom stereocenters. The Morgan fingerprint density at radius 1 is 1.27 bits per heavy atom. The van der Waals surface area contributed by atoms with Crippen molar-refractivity contribution in [3.05, 3.63) is 23.8 Å². The minimum absolute atomic E-state index is 0.536. The smallest absolute Gasteiger partial charge is 0.496 e. The number of aryl methyl sites for hydroxylation is 1. The average Bonchev–Trinajstić information content (AvgIpc) is 2.59. The fraction of sp³-hybridized carbons (Fsp3) is 0.200. The van der Waals surface area contributed by atoms with E-state index < -0.39 is 7.12 Å². The molecule has 1 aromatic carbocycles. The Balaban J connectivity index is 2.68. The van der Waals surface area contributed by atoms with Crippen molar-refractivity contribution in [1.82, 2.24) is 0 Å². The van der Waals surface area contributed by atoms with Crippen LogP contribution in [0.1, 0.15) is 5.56 Å². The molecule has 0 saturated heterocycles. The molecule has 2 rings (SSSR count). The molecule has 0 saturated carbocycles. The zero-order chi connectivity index (χ0) is 11.0. The van der Waals surface area contributed by atoms with Gasteiger partial charge in [-0.25, -0.2) is 0 Å². The third-order valence-electron chi connectivity index (χ3n) is 2.24. The molecule has 15 heavy (non-hydrogen) atoms. The van der Waals surface area contributed by atoms with Crippen LogP contribution >= 0.6 is 11.3 Å². The largest absolute Gasteiger partial charge is 0.499 e. The predicted molar refractivity (Wildman–Crippen MR) is 62.9 cm³/mol. The lowest BCUT2D eigenvalue weighted by Crippen LogP contribution is -2.26. The normalized spacial score (nSPS) is 10.7. The molecular formula is C10H11BO3S. The molecule has 2 N–H and O–H groups in total. The summed E-state index contributed by atoms with van der Waals surface area (Å²) in [5.74, 6) is 0.771. The standard InChI is InChI=1S/C10H11BO3S/c1-6-3-8(14-2)7-5-10(11(12)13)15-9(7)4-6/h3-5,12-13H,1-2H3. The van der Waals surface area contributed by atoms with Crippen molar-refractivity contribution in [2.45, 2.75) is 6.92 Å². The minimum atomic E-state index is -1.41. The van der Waals surface area contributed by atoms with Crippen molar-refractivity contribution in [1.29, 1.82) is 0 Å². The summed E-state index contributed by atoms with van der Waals surface area (Å²) < 4.78 is 6.79. The summed E-state index contributed by atoms with van der Waals surface area (Å²) >= 11 is 1.37. The molecule has 0 aliphatic rings. The van der Waals surface area contributed by atoms with Crippen molar-refractivity contribution in [2.24, 2.45) is 0 Å². The molecule has 0 aliphatic heterocycles. The first-order valence-electron chi connectivity index (χ1n) is 4.56. The van der Waals surface area contributed by atoms with E-state index in [9.17, 15) is 0 Å². The van der Waals surface area contributed by atoms with Crippen LogP contribution in [0.25, 0.3) is 10.1 Å². The van der Waals surface area contributed by atoms with Gasteiger partial charge in [0.05, 0.1) is 7.11 Å². The first-order valence-corrected chi connectivity index (χ1v) is 5.37.